The smallest absolute Gasteiger partial charge is 0.320 e. The van der Waals surface area contributed by atoms with E-state index in [9.17, 15) is 4.79 Å². The van der Waals surface area contributed by atoms with E-state index in [1.165, 1.54) is 12.8 Å². The Morgan fingerprint density at radius 3 is 2.85 bits per heavy atom. The van der Waals surface area contributed by atoms with E-state index in [-0.39, 0.29) is 11.6 Å². The number of hydrogen-bond donors (Lipinski definition) is 0. The molecule has 20 heavy (non-hydrogen) atoms. The van der Waals surface area contributed by atoms with E-state index in [1.807, 2.05) is 6.92 Å². The van der Waals surface area contributed by atoms with Gasteiger partial charge in [0.05, 0.1) is 18.8 Å². The minimum absolute atomic E-state index is 0.0190. The van der Waals surface area contributed by atoms with Crippen LogP contribution in [0.1, 0.15) is 52.9 Å². The topological polar surface area (TPSA) is 38.8 Å². The van der Waals surface area contributed by atoms with Crippen LogP contribution in [0.5, 0.6) is 0 Å². The van der Waals surface area contributed by atoms with Crippen LogP contribution in [-0.2, 0) is 14.3 Å². The summed E-state index contributed by atoms with van der Waals surface area (Å²) >= 11 is 0. The van der Waals surface area contributed by atoms with Crippen molar-refractivity contribution in [3.8, 4) is 0 Å². The lowest BCUT2D eigenvalue weighted by Crippen LogP contribution is -2.52. The van der Waals surface area contributed by atoms with Gasteiger partial charge in [-0.15, -0.1) is 0 Å². The van der Waals surface area contributed by atoms with E-state index in [1.54, 1.807) is 0 Å². The Balaban J connectivity index is 1.96. The van der Waals surface area contributed by atoms with Crippen LogP contribution in [0.25, 0.3) is 0 Å². The zero-order valence-corrected chi connectivity index (χ0v) is 13.2. The first-order valence-corrected chi connectivity index (χ1v) is 8.03. The van der Waals surface area contributed by atoms with Gasteiger partial charge in [-0.3, -0.25) is 9.69 Å². The lowest BCUT2D eigenvalue weighted by Gasteiger charge is -2.50. The fraction of sp³-hybridized carbons (Fsp3) is 0.938. The summed E-state index contributed by atoms with van der Waals surface area (Å²) in [6, 6.07) is 0. The molecule has 2 rings (SSSR count). The quantitative estimate of drug-likeness (QED) is 0.743. The number of esters is 1. The third-order valence-corrected chi connectivity index (χ3v) is 4.98. The monoisotopic (exact) mass is 283 g/mol. The Hall–Kier alpha value is -0.610. The number of ether oxygens (including phenoxy) is 2. The molecule has 2 fully saturated rings. The molecule has 0 aliphatic carbocycles. The van der Waals surface area contributed by atoms with E-state index in [2.05, 4.69) is 18.7 Å². The molecule has 0 unspecified atom stereocenters. The molecular weight excluding hydrogens is 254 g/mol. The van der Waals surface area contributed by atoms with Crippen LogP contribution in [0.4, 0.5) is 0 Å². The number of nitrogens with zero attached hydrogens (tertiary/aromatic N) is 1. The van der Waals surface area contributed by atoms with E-state index in [0.29, 0.717) is 18.6 Å². The van der Waals surface area contributed by atoms with Crippen LogP contribution in [-0.4, -0.2) is 49.3 Å². The van der Waals surface area contributed by atoms with Crippen molar-refractivity contribution in [3.63, 3.8) is 0 Å². The molecule has 4 nitrogen and oxygen atoms in total. The first kappa shape index (κ1) is 15.8. The first-order chi connectivity index (χ1) is 9.51. The van der Waals surface area contributed by atoms with Crippen LogP contribution in [0.3, 0.4) is 0 Å². The SMILES string of the molecule is CCOC(=O)CN1CCC[C@@]2(CCO[C@](C)(CC)C2)C1. The summed E-state index contributed by atoms with van der Waals surface area (Å²) < 4.78 is 11.1. The van der Waals surface area contributed by atoms with Crippen molar-refractivity contribution in [1.29, 1.82) is 0 Å². The van der Waals surface area contributed by atoms with E-state index in [4.69, 9.17) is 9.47 Å². The highest BCUT2D eigenvalue weighted by atomic mass is 16.5. The van der Waals surface area contributed by atoms with Crippen molar-refractivity contribution in [3.05, 3.63) is 0 Å². The highest BCUT2D eigenvalue weighted by Crippen LogP contribution is 2.45. The summed E-state index contributed by atoms with van der Waals surface area (Å²) in [6.07, 6.45) is 5.76. The Kier molecular flexibility index (Phi) is 5.08. The van der Waals surface area contributed by atoms with E-state index >= 15 is 0 Å². The fourth-order valence-electron chi connectivity index (χ4n) is 3.86. The fourth-order valence-corrected chi connectivity index (χ4v) is 3.86. The van der Waals surface area contributed by atoms with Gasteiger partial charge in [0, 0.05) is 13.2 Å². The largest absolute Gasteiger partial charge is 0.465 e. The number of carbonyl (C=O) groups is 1. The molecule has 0 aromatic carbocycles. The van der Waals surface area contributed by atoms with Crippen molar-refractivity contribution in [1.82, 2.24) is 4.90 Å². The van der Waals surface area contributed by atoms with Crippen molar-refractivity contribution in [2.45, 2.75) is 58.5 Å². The van der Waals surface area contributed by atoms with Crippen molar-refractivity contribution in [2.75, 3.05) is 32.8 Å². The van der Waals surface area contributed by atoms with Crippen molar-refractivity contribution >= 4 is 5.97 Å². The number of hydrogen-bond acceptors (Lipinski definition) is 4. The van der Waals surface area contributed by atoms with Crippen LogP contribution < -0.4 is 0 Å². The predicted octanol–water partition coefficient (Wildman–Crippen LogP) is 2.61. The van der Waals surface area contributed by atoms with Gasteiger partial charge in [-0.2, -0.15) is 0 Å². The molecule has 2 atom stereocenters. The standard InChI is InChI=1S/C16H29NO3/c1-4-15(3)12-16(8-10-20-15)7-6-9-17(13-16)11-14(18)19-5-2/h4-13H2,1-3H3/t15-,16+/m1/s1. The zero-order chi connectivity index (χ0) is 14.6. The Bertz CT molecular complexity index is 343. The molecule has 1 spiro atoms. The van der Waals surface area contributed by atoms with Gasteiger partial charge in [0.15, 0.2) is 0 Å². The molecule has 2 saturated heterocycles. The molecule has 116 valence electrons. The van der Waals surface area contributed by atoms with Gasteiger partial charge in [0.25, 0.3) is 0 Å². The van der Waals surface area contributed by atoms with Gasteiger partial charge in [0.2, 0.25) is 0 Å². The Morgan fingerprint density at radius 1 is 1.35 bits per heavy atom. The predicted molar refractivity (Wildman–Crippen MR) is 78.6 cm³/mol. The van der Waals surface area contributed by atoms with Gasteiger partial charge in [-0.05, 0) is 57.9 Å². The third-order valence-electron chi connectivity index (χ3n) is 4.98. The highest BCUT2D eigenvalue weighted by molar-refractivity contribution is 5.71. The molecule has 0 bridgehead atoms. The molecule has 4 heteroatoms. The maximum atomic E-state index is 11.7. The average Bonchev–Trinajstić information content (AvgIpc) is 2.39. The lowest BCUT2D eigenvalue weighted by molar-refractivity contribution is -0.149. The Morgan fingerprint density at radius 2 is 2.15 bits per heavy atom. The molecule has 0 aromatic rings. The van der Waals surface area contributed by atoms with Crippen LogP contribution in [0.15, 0.2) is 0 Å². The Labute approximate surface area is 122 Å². The molecule has 2 aliphatic rings. The molecule has 0 saturated carbocycles. The van der Waals surface area contributed by atoms with Gasteiger partial charge in [-0.25, -0.2) is 0 Å². The second-order valence-corrected chi connectivity index (χ2v) is 6.70. The molecule has 0 radical (unpaired) electrons. The summed E-state index contributed by atoms with van der Waals surface area (Å²) in [5.74, 6) is -0.0881. The summed E-state index contributed by atoms with van der Waals surface area (Å²) in [7, 11) is 0. The molecule has 0 aromatic heterocycles. The molecule has 2 heterocycles. The number of piperidine rings is 1. The minimum Gasteiger partial charge on any atom is -0.465 e. The second-order valence-electron chi connectivity index (χ2n) is 6.70. The highest BCUT2D eigenvalue weighted by Gasteiger charge is 2.44. The molecular formula is C16H29NO3. The summed E-state index contributed by atoms with van der Waals surface area (Å²) in [5.41, 5.74) is 0.360. The zero-order valence-electron chi connectivity index (χ0n) is 13.2. The van der Waals surface area contributed by atoms with E-state index < -0.39 is 0 Å². The lowest BCUT2D eigenvalue weighted by atomic mass is 9.68. The molecule has 2 aliphatic heterocycles. The normalized spacial score (nSPS) is 35.1. The van der Waals surface area contributed by atoms with Gasteiger partial charge in [0.1, 0.15) is 0 Å². The van der Waals surface area contributed by atoms with Gasteiger partial charge >= 0.3 is 5.97 Å². The maximum absolute atomic E-state index is 11.7. The van der Waals surface area contributed by atoms with Gasteiger partial charge < -0.3 is 9.47 Å². The van der Waals surface area contributed by atoms with Crippen LogP contribution in [0, 0.1) is 5.41 Å². The summed E-state index contributed by atoms with van der Waals surface area (Å²) in [4.78, 5) is 14.0. The van der Waals surface area contributed by atoms with Gasteiger partial charge in [-0.1, -0.05) is 6.92 Å². The number of rotatable bonds is 4. The average molecular weight is 283 g/mol. The molecule has 0 amide bonds. The van der Waals surface area contributed by atoms with Crippen LogP contribution in [0.2, 0.25) is 0 Å². The summed E-state index contributed by atoms with van der Waals surface area (Å²) in [6.45, 7) is 10.1. The summed E-state index contributed by atoms with van der Waals surface area (Å²) in [5, 5.41) is 0. The second kappa shape index (κ2) is 6.44. The third kappa shape index (κ3) is 3.73. The number of carbonyl (C=O) groups excluding carboxylic acids is 1. The van der Waals surface area contributed by atoms with Crippen molar-refractivity contribution in [2.24, 2.45) is 5.41 Å². The minimum atomic E-state index is -0.0881. The maximum Gasteiger partial charge on any atom is 0.320 e. The first-order valence-electron chi connectivity index (χ1n) is 8.03. The number of likely N-dealkylation sites (tertiary alicyclic amines) is 1. The van der Waals surface area contributed by atoms with E-state index in [0.717, 1.165) is 39.0 Å². The van der Waals surface area contributed by atoms with Crippen molar-refractivity contribution < 1.29 is 14.3 Å². The van der Waals surface area contributed by atoms with Crippen LogP contribution >= 0.6 is 0 Å². The molecule has 0 N–H and O–H groups in total.